The number of aromatic amines is 1. The minimum Gasteiger partial charge on any atom is -0.481 e. The number of pyridine rings is 1. The van der Waals surface area contributed by atoms with Gasteiger partial charge in [0.05, 0.1) is 31.2 Å². The number of nitrogens with one attached hydrogen (secondary N) is 3. The van der Waals surface area contributed by atoms with Gasteiger partial charge in [0.1, 0.15) is 5.82 Å². The molecule has 3 N–H and O–H groups in total. The van der Waals surface area contributed by atoms with Crippen LogP contribution in [0, 0.1) is 13.8 Å². The highest BCUT2D eigenvalue weighted by Gasteiger charge is 2.05. The lowest BCUT2D eigenvalue weighted by molar-refractivity contribution is 0.251. The summed E-state index contributed by atoms with van der Waals surface area (Å²) in [5, 5.41) is 5.39. The molecule has 2 amide bonds. The Kier molecular flexibility index (Phi) is 4.19. The molecule has 0 aliphatic rings. The van der Waals surface area contributed by atoms with E-state index in [1.807, 2.05) is 13.8 Å². The summed E-state index contributed by atoms with van der Waals surface area (Å²) in [5.41, 5.74) is 2.53. The van der Waals surface area contributed by atoms with Crippen molar-refractivity contribution in [2.45, 2.75) is 20.4 Å². The number of methoxy groups -OCH3 is 1. The number of anilines is 1. The van der Waals surface area contributed by atoms with E-state index >= 15 is 0 Å². The number of hydrogen-bond acceptors (Lipinski definition) is 4. The van der Waals surface area contributed by atoms with Crippen LogP contribution < -0.4 is 15.4 Å². The van der Waals surface area contributed by atoms with Crippen molar-refractivity contribution >= 4 is 11.7 Å². The molecule has 7 heteroatoms. The summed E-state index contributed by atoms with van der Waals surface area (Å²) in [6.45, 7) is 4.19. The Balaban J connectivity index is 1.85. The Labute approximate surface area is 116 Å². The molecule has 0 fully saturated rings. The van der Waals surface area contributed by atoms with E-state index in [-0.39, 0.29) is 6.03 Å². The van der Waals surface area contributed by atoms with Crippen molar-refractivity contribution in [2.75, 3.05) is 12.4 Å². The summed E-state index contributed by atoms with van der Waals surface area (Å²) in [7, 11) is 1.54. The zero-order valence-corrected chi connectivity index (χ0v) is 11.7. The second-order valence-corrected chi connectivity index (χ2v) is 4.29. The topological polar surface area (TPSA) is 91.9 Å². The summed E-state index contributed by atoms with van der Waals surface area (Å²) in [6.07, 6.45) is 1.53. The van der Waals surface area contributed by atoms with E-state index in [1.54, 1.807) is 12.1 Å². The van der Waals surface area contributed by atoms with Crippen LogP contribution in [0.1, 0.15) is 17.2 Å². The van der Waals surface area contributed by atoms with Crippen LogP contribution in [-0.2, 0) is 6.54 Å². The van der Waals surface area contributed by atoms with E-state index in [0.717, 1.165) is 17.2 Å². The van der Waals surface area contributed by atoms with Gasteiger partial charge in [-0.15, -0.1) is 0 Å². The molecule has 2 aromatic rings. The van der Waals surface area contributed by atoms with Crippen LogP contribution >= 0.6 is 0 Å². The number of rotatable bonds is 4. The number of carbonyl (C=O) groups excluding carboxylic acids is 1. The minimum atomic E-state index is -0.316. The van der Waals surface area contributed by atoms with Crippen LogP contribution in [0.4, 0.5) is 10.5 Å². The molecule has 0 unspecified atom stereocenters. The Morgan fingerprint density at radius 1 is 1.40 bits per heavy atom. The highest BCUT2D eigenvalue weighted by Crippen LogP contribution is 2.10. The summed E-state index contributed by atoms with van der Waals surface area (Å²) in [6, 6.07) is 3.07. The molecule has 0 atom stereocenters. The van der Waals surface area contributed by atoms with Gasteiger partial charge in [-0.1, -0.05) is 0 Å². The zero-order chi connectivity index (χ0) is 14.5. The third-order valence-electron chi connectivity index (χ3n) is 2.80. The van der Waals surface area contributed by atoms with Crippen LogP contribution in [0.5, 0.6) is 5.88 Å². The number of urea groups is 1. The van der Waals surface area contributed by atoms with E-state index in [2.05, 4.69) is 25.6 Å². The second-order valence-electron chi connectivity index (χ2n) is 4.29. The quantitative estimate of drug-likeness (QED) is 0.792. The SMILES string of the molecule is COc1ccc(NC(=O)NCc2nc(C)c(C)[nH]2)cn1. The monoisotopic (exact) mass is 275 g/mol. The largest absolute Gasteiger partial charge is 0.481 e. The summed E-state index contributed by atoms with van der Waals surface area (Å²) in [5.74, 6) is 1.22. The van der Waals surface area contributed by atoms with Crippen molar-refractivity contribution in [2.24, 2.45) is 0 Å². The van der Waals surface area contributed by atoms with Crippen molar-refractivity contribution in [1.82, 2.24) is 20.3 Å². The van der Waals surface area contributed by atoms with E-state index < -0.39 is 0 Å². The van der Waals surface area contributed by atoms with E-state index in [0.29, 0.717) is 18.1 Å². The fraction of sp³-hybridized carbons (Fsp3) is 0.308. The molecule has 0 saturated heterocycles. The number of hydrogen-bond donors (Lipinski definition) is 3. The number of amides is 2. The fourth-order valence-electron chi connectivity index (χ4n) is 1.62. The number of aromatic nitrogens is 3. The van der Waals surface area contributed by atoms with Crippen LogP contribution in [0.15, 0.2) is 18.3 Å². The van der Waals surface area contributed by atoms with Crippen molar-refractivity contribution in [3.63, 3.8) is 0 Å². The van der Waals surface area contributed by atoms with Crippen molar-refractivity contribution in [3.8, 4) is 5.88 Å². The molecule has 2 rings (SSSR count). The van der Waals surface area contributed by atoms with Gasteiger partial charge in [0.2, 0.25) is 5.88 Å². The van der Waals surface area contributed by atoms with Gasteiger partial charge in [0.25, 0.3) is 0 Å². The van der Waals surface area contributed by atoms with Gasteiger partial charge in [-0.2, -0.15) is 0 Å². The highest BCUT2D eigenvalue weighted by atomic mass is 16.5. The maximum atomic E-state index is 11.7. The molecule has 0 saturated carbocycles. The average molecular weight is 275 g/mol. The Morgan fingerprint density at radius 2 is 2.20 bits per heavy atom. The van der Waals surface area contributed by atoms with Gasteiger partial charge >= 0.3 is 6.03 Å². The number of aryl methyl sites for hydroxylation is 2. The lowest BCUT2D eigenvalue weighted by Gasteiger charge is -2.06. The molecular formula is C13H17N5O2. The molecule has 20 heavy (non-hydrogen) atoms. The second kappa shape index (κ2) is 6.05. The van der Waals surface area contributed by atoms with E-state index in [4.69, 9.17) is 4.74 Å². The summed E-state index contributed by atoms with van der Waals surface area (Å²) < 4.78 is 4.94. The van der Waals surface area contributed by atoms with Gasteiger partial charge in [-0.3, -0.25) is 0 Å². The maximum Gasteiger partial charge on any atom is 0.319 e. The molecule has 0 aliphatic carbocycles. The van der Waals surface area contributed by atoms with E-state index in [9.17, 15) is 4.79 Å². The predicted molar refractivity (Wildman–Crippen MR) is 74.7 cm³/mol. The van der Waals surface area contributed by atoms with Crippen LogP contribution in [0.25, 0.3) is 0 Å². The zero-order valence-electron chi connectivity index (χ0n) is 11.7. The van der Waals surface area contributed by atoms with Crippen LogP contribution in [0.2, 0.25) is 0 Å². The average Bonchev–Trinajstić information content (AvgIpc) is 2.76. The van der Waals surface area contributed by atoms with Crippen LogP contribution in [0.3, 0.4) is 0 Å². The Hall–Kier alpha value is -2.57. The third kappa shape index (κ3) is 3.47. The molecule has 7 nitrogen and oxygen atoms in total. The molecule has 106 valence electrons. The fourth-order valence-corrected chi connectivity index (χ4v) is 1.62. The number of H-pyrrole nitrogens is 1. The van der Waals surface area contributed by atoms with Gasteiger partial charge in [0, 0.05) is 11.8 Å². The molecular weight excluding hydrogens is 258 g/mol. The first kappa shape index (κ1) is 13.9. The summed E-state index contributed by atoms with van der Waals surface area (Å²) >= 11 is 0. The molecule has 0 spiro atoms. The molecule has 2 heterocycles. The first-order chi connectivity index (χ1) is 9.58. The van der Waals surface area contributed by atoms with Crippen LogP contribution in [-0.4, -0.2) is 28.1 Å². The Bertz CT molecular complexity index is 572. The molecule has 0 aliphatic heterocycles. The normalized spacial score (nSPS) is 10.2. The molecule has 0 radical (unpaired) electrons. The number of ether oxygens (including phenoxy) is 1. The lowest BCUT2D eigenvalue weighted by atomic mass is 10.4. The van der Waals surface area contributed by atoms with E-state index in [1.165, 1.54) is 13.3 Å². The standard InChI is InChI=1S/C13H17N5O2/c1-8-9(2)17-11(16-8)7-15-13(19)18-10-4-5-12(20-3)14-6-10/h4-6H,7H2,1-3H3,(H,16,17)(H2,15,18,19). The van der Waals surface area contributed by atoms with Crippen molar-refractivity contribution < 1.29 is 9.53 Å². The van der Waals surface area contributed by atoms with Gasteiger partial charge < -0.3 is 20.4 Å². The maximum absolute atomic E-state index is 11.7. The molecule has 2 aromatic heterocycles. The van der Waals surface area contributed by atoms with Crippen molar-refractivity contribution in [3.05, 3.63) is 35.5 Å². The summed E-state index contributed by atoms with van der Waals surface area (Å²) in [4.78, 5) is 23.1. The number of imidazole rings is 1. The molecule has 0 bridgehead atoms. The number of nitrogens with zero attached hydrogens (tertiary/aromatic N) is 2. The highest BCUT2D eigenvalue weighted by molar-refractivity contribution is 5.88. The molecule has 0 aromatic carbocycles. The van der Waals surface area contributed by atoms with Gasteiger partial charge in [0.15, 0.2) is 0 Å². The van der Waals surface area contributed by atoms with Gasteiger partial charge in [-0.05, 0) is 19.9 Å². The minimum absolute atomic E-state index is 0.316. The van der Waals surface area contributed by atoms with Gasteiger partial charge in [-0.25, -0.2) is 14.8 Å². The predicted octanol–water partition coefficient (Wildman–Crippen LogP) is 1.75. The third-order valence-corrected chi connectivity index (χ3v) is 2.80. The van der Waals surface area contributed by atoms with Crippen molar-refractivity contribution in [1.29, 1.82) is 0 Å². The first-order valence-corrected chi connectivity index (χ1v) is 6.15. The number of carbonyl (C=O) groups is 1. The smallest absolute Gasteiger partial charge is 0.319 e. The Morgan fingerprint density at radius 3 is 2.75 bits per heavy atom. The lowest BCUT2D eigenvalue weighted by Crippen LogP contribution is -2.28. The first-order valence-electron chi connectivity index (χ1n) is 6.15.